The molecule has 0 saturated carbocycles. The summed E-state index contributed by atoms with van der Waals surface area (Å²) in [6, 6.07) is 9.33. The third-order valence-electron chi connectivity index (χ3n) is 13.2. The van der Waals surface area contributed by atoms with Crippen molar-refractivity contribution in [1.29, 1.82) is 0 Å². The maximum Gasteiger partial charge on any atom is 0.251 e. The van der Waals surface area contributed by atoms with E-state index in [2.05, 4.69) is 45.6 Å². The molecule has 3 aliphatic heterocycles. The zero-order chi connectivity index (χ0) is 48.9. The molecule has 0 aliphatic carbocycles. The smallest absolute Gasteiger partial charge is 0.251 e. The Morgan fingerprint density at radius 1 is 0.765 bits per heavy atom. The monoisotopic (exact) mass is 941 g/mol. The van der Waals surface area contributed by atoms with Gasteiger partial charge in [0.25, 0.3) is 5.91 Å². The van der Waals surface area contributed by atoms with Gasteiger partial charge in [0, 0.05) is 31.2 Å². The molecule has 3 aromatic carbocycles. The van der Waals surface area contributed by atoms with Crippen LogP contribution >= 0.6 is 0 Å². The predicted octanol–water partition coefficient (Wildman–Crippen LogP) is 1.45. The second-order valence-electron chi connectivity index (χ2n) is 18.4. The molecule has 1 unspecified atom stereocenters. The van der Waals surface area contributed by atoms with Crippen LogP contribution in [-0.2, 0) is 41.6 Å². The number of phenolic OH excluding ortho intramolecular Hbond substituents is 1. The highest BCUT2D eigenvalue weighted by Crippen LogP contribution is 2.23. The summed E-state index contributed by atoms with van der Waals surface area (Å²) in [6.45, 7) is 2.74. The van der Waals surface area contributed by atoms with E-state index in [0.29, 0.717) is 12.0 Å². The Morgan fingerprint density at radius 3 is 2.21 bits per heavy atom. The lowest BCUT2D eigenvalue weighted by Crippen LogP contribution is -2.61. The van der Waals surface area contributed by atoms with Crippen molar-refractivity contribution in [3.05, 3.63) is 77.4 Å². The van der Waals surface area contributed by atoms with E-state index >= 15 is 0 Å². The van der Waals surface area contributed by atoms with Gasteiger partial charge in [0.05, 0.1) is 12.7 Å². The van der Waals surface area contributed by atoms with Gasteiger partial charge in [0.15, 0.2) is 0 Å². The first-order chi connectivity index (χ1) is 32.7. The third-order valence-corrected chi connectivity index (χ3v) is 13.2. The first-order valence-corrected chi connectivity index (χ1v) is 24.1. The van der Waals surface area contributed by atoms with Crippen LogP contribution < -0.4 is 32.3 Å². The van der Waals surface area contributed by atoms with Gasteiger partial charge in [-0.15, -0.1) is 0 Å². The molecule has 0 aromatic heterocycles. The maximum atomic E-state index is 14.2. The standard InChI is InChI=1S/C50H68N8O10/c1-3-4-5-6-7-10-32-13-17-34-26-35(19-18-33(34)25-32)44(62)53-38-11-8-23-52-47(65)42-27-36(51)28-58(42)50(68)43(30(2)60)56-46(64)39(22-16-31-14-20-37(61)21-15-31)54-48(66)41-12-9-24-57(41)49(67)40(29-59)55-45(38)63/h13-15,17-21,25-26,30,36,38-43,59-61H,3-12,16,22-24,27-29,51H2,1-2H3,(H,52,65)(H,53,62)(H,54,66)(H,55,63)(H,56,64)/t30?,36-,38-,39-,40-,41-,42-,43-/m0/s1. The number of nitrogens with two attached hydrogens (primary N) is 1. The summed E-state index contributed by atoms with van der Waals surface area (Å²) >= 11 is 0. The van der Waals surface area contributed by atoms with Crippen LogP contribution in [0.5, 0.6) is 5.75 Å². The van der Waals surface area contributed by atoms with Crippen LogP contribution in [0.25, 0.3) is 10.8 Å². The normalized spacial score (nSPS) is 25.1. The van der Waals surface area contributed by atoms with Crippen molar-refractivity contribution in [2.45, 2.75) is 146 Å². The molecule has 0 radical (unpaired) electrons. The van der Waals surface area contributed by atoms with E-state index < -0.39 is 96.4 Å². The van der Waals surface area contributed by atoms with Crippen LogP contribution in [0.2, 0.25) is 0 Å². The molecule has 3 heterocycles. The number of hydrogen-bond donors (Lipinski definition) is 9. The predicted molar refractivity (Wildman–Crippen MR) is 254 cm³/mol. The Morgan fingerprint density at radius 2 is 1.47 bits per heavy atom. The van der Waals surface area contributed by atoms with Gasteiger partial charge in [0.2, 0.25) is 35.4 Å². The minimum absolute atomic E-state index is 0.00513. The number of nitrogens with one attached hydrogen (secondary N) is 5. The summed E-state index contributed by atoms with van der Waals surface area (Å²) in [5.74, 6) is -4.87. The summed E-state index contributed by atoms with van der Waals surface area (Å²) in [5.41, 5.74) is 8.49. The van der Waals surface area contributed by atoms with Gasteiger partial charge in [-0.3, -0.25) is 33.6 Å². The Hall–Kier alpha value is -6.11. The molecule has 18 nitrogen and oxygen atoms in total. The van der Waals surface area contributed by atoms with E-state index in [4.69, 9.17) is 5.73 Å². The molecule has 8 atom stereocenters. The summed E-state index contributed by atoms with van der Waals surface area (Å²) < 4.78 is 0. The molecule has 3 saturated heterocycles. The van der Waals surface area contributed by atoms with Crippen molar-refractivity contribution in [3.8, 4) is 5.75 Å². The molecule has 10 N–H and O–H groups in total. The van der Waals surface area contributed by atoms with Crippen molar-refractivity contribution >= 4 is 52.1 Å². The van der Waals surface area contributed by atoms with Crippen LogP contribution in [0.15, 0.2) is 60.7 Å². The minimum Gasteiger partial charge on any atom is -0.508 e. The molecule has 18 heteroatoms. The number of aliphatic hydroxyl groups is 2. The number of hydrogen-bond acceptors (Lipinski definition) is 11. The van der Waals surface area contributed by atoms with E-state index in [1.807, 2.05) is 12.1 Å². The number of carbonyl (C=O) groups excluding carboxylic acids is 7. The Labute approximate surface area is 397 Å². The van der Waals surface area contributed by atoms with Gasteiger partial charge < -0.3 is 57.4 Å². The van der Waals surface area contributed by atoms with E-state index in [1.165, 1.54) is 60.1 Å². The Kier molecular flexibility index (Phi) is 18.3. The van der Waals surface area contributed by atoms with Crippen molar-refractivity contribution in [1.82, 2.24) is 36.4 Å². The third kappa shape index (κ3) is 13.3. The molecular weight excluding hydrogens is 873 g/mol. The quantitative estimate of drug-likeness (QED) is 0.111. The molecule has 0 spiro atoms. The average molecular weight is 941 g/mol. The van der Waals surface area contributed by atoms with E-state index in [9.17, 15) is 48.9 Å². The zero-order valence-electron chi connectivity index (χ0n) is 39.1. The van der Waals surface area contributed by atoms with Crippen molar-refractivity contribution in [2.75, 3.05) is 26.2 Å². The van der Waals surface area contributed by atoms with E-state index in [-0.39, 0.29) is 63.9 Å². The van der Waals surface area contributed by atoms with Crippen LogP contribution in [0.4, 0.5) is 0 Å². The average Bonchev–Trinajstić information content (AvgIpc) is 3.99. The highest BCUT2D eigenvalue weighted by Gasteiger charge is 2.44. The molecule has 3 aromatic rings. The lowest BCUT2D eigenvalue weighted by molar-refractivity contribution is -0.145. The van der Waals surface area contributed by atoms with Crippen LogP contribution in [-0.4, -0.2) is 141 Å². The minimum atomic E-state index is -1.54. The molecule has 368 valence electrons. The van der Waals surface area contributed by atoms with Gasteiger partial charge in [0.1, 0.15) is 42.0 Å². The Bertz CT molecular complexity index is 2270. The lowest BCUT2D eigenvalue weighted by Gasteiger charge is -2.32. The van der Waals surface area contributed by atoms with Crippen LogP contribution in [0.1, 0.15) is 106 Å². The number of aromatic hydroxyl groups is 1. The number of fused-ring (bicyclic) bond motifs is 3. The number of amides is 7. The second kappa shape index (κ2) is 24.3. The summed E-state index contributed by atoms with van der Waals surface area (Å²) in [6.07, 6.45) is 6.47. The molecular formula is C50H68N8O10. The summed E-state index contributed by atoms with van der Waals surface area (Å²) in [7, 11) is 0. The number of phenols is 1. The first kappa shape index (κ1) is 51.3. The lowest BCUT2D eigenvalue weighted by atomic mass is 10.00. The zero-order valence-corrected chi connectivity index (χ0v) is 39.1. The van der Waals surface area contributed by atoms with Gasteiger partial charge in [-0.1, -0.05) is 69.0 Å². The number of unbranched alkanes of at least 4 members (excludes halogenated alkanes) is 4. The van der Waals surface area contributed by atoms with E-state index in [1.54, 1.807) is 24.3 Å². The van der Waals surface area contributed by atoms with Gasteiger partial charge >= 0.3 is 0 Å². The van der Waals surface area contributed by atoms with E-state index in [0.717, 1.165) is 29.2 Å². The fourth-order valence-corrected chi connectivity index (χ4v) is 9.32. The van der Waals surface area contributed by atoms with Gasteiger partial charge in [-0.05, 0) is 111 Å². The number of aryl methyl sites for hydroxylation is 2. The summed E-state index contributed by atoms with van der Waals surface area (Å²) in [4.78, 5) is 101. The number of carbonyl (C=O) groups is 7. The maximum absolute atomic E-state index is 14.2. The number of rotatable bonds is 13. The van der Waals surface area contributed by atoms with Crippen molar-refractivity contribution in [2.24, 2.45) is 5.73 Å². The largest absolute Gasteiger partial charge is 0.508 e. The first-order valence-electron chi connectivity index (χ1n) is 24.1. The highest BCUT2D eigenvalue weighted by atomic mass is 16.3. The molecule has 3 fully saturated rings. The molecule has 68 heavy (non-hydrogen) atoms. The fourth-order valence-electron chi connectivity index (χ4n) is 9.32. The molecule has 7 amide bonds. The number of aliphatic hydroxyl groups excluding tert-OH is 2. The SMILES string of the molecule is CCCCCCCc1ccc2cc(C(=O)N[C@H]3CCCNC(=O)[C@@H]4C[C@H](N)CN4C(=O)[C@H](C(C)O)NC(=O)[C@H](CCc4ccc(O)cc4)NC(=O)[C@@H]4CCCN4C(=O)[C@H](CO)NC3=O)ccc2c1. The van der Waals surface area contributed by atoms with Gasteiger partial charge in [-0.2, -0.15) is 0 Å². The van der Waals surface area contributed by atoms with Crippen LogP contribution in [0.3, 0.4) is 0 Å². The topological polar surface area (TPSA) is 273 Å². The number of nitrogens with zero attached hydrogens (tertiary/aromatic N) is 2. The molecule has 3 aliphatic rings. The second-order valence-corrected chi connectivity index (χ2v) is 18.4. The van der Waals surface area contributed by atoms with Crippen molar-refractivity contribution in [3.63, 3.8) is 0 Å². The van der Waals surface area contributed by atoms with Gasteiger partial charge in [-0.25, -0.2) is 0 Å². The summed E-state index contributed by atoms with van der Waals surface area (Å²) in [5, 5.41) is 46.5. The number of benzene rings is 3. The Balaban J connectivity index is 1.25. The molecule has 0 bridgehead atoms. The van der Waals surface area contributed by atoms with Crippen LogP contribution in [0, 0.1) is 0 Å². The molecule has 6 rings (SSSR count). The highest BCUT2D eigenvalue weighted by molar-refractivity contribution is 6.02. The fraction of sp³-hybridized carbons (Fsp3) is 0.540. The van der Waals surface area contributed by atoms with Crippen molar-refractivity contribution < 1.29 is 48.9 Å².